The fourth-order valence-corrected chi connectivity index (χ4v) is 1.59. The van der Waals surface area contributed by atoms with Crippen LogP contribution in [0.3, 0.4) is 0 Å². The van der Waals surface area contributed by atoms with Crippen LogP contribution in [0, 0.1) is 0 Å². The Labute approximate surface area is 86.8 Å². The lowest BCUT2D eigenvalue weighted by Crippen LogP contribution is -2.30. The Hall–Kier alpha value is 0.270. The zero-order chi connectivity index (χ0) is 10.1. The minimum Gasteiger partial charge on any atom is -0.377 e. The van der Waals surface area contributed by atoms with Crippen molar-refractivity contribution in [1.82, 2.24) is 5.32 Å². The molecule has 0 aliphatic rings. The van der Waals surface area contributed by atoms with E-state index in [1.54, 1.807) is 0 Å². The standard InChI is InChI=1S/C10H23NOS/c1-9(2)12-7-6-11-10(3)5-8-13-4/h9-11H,5-8H2,1-4H3. The van der Waals surface area contributed by atoms with Crippen LogP contribution < -0.4 is 5.32 Å². The van der Waals surface area contributed by atoms with E-state index in [-0.39, 0.29) is 0 Å². The fourth-order valence-electron chi connectivity index (χ4n) is 0.997. The second-order valence-electron chi connectivity index (χ2n) is 3.56. The summed E-state index contributed by atoms with van der Waals surface area (Å²) in [7, 11) is 0. The highest BCUT2D eigenvalue weighted by Crippen LogP contribution is 1.99. The lowest BCUT2D eigenvalue weighted by molar-refractivity contribution is 0.0796. The molecule has 0 spiro atoms. The maximum atomic E-state index is 5.43. The molecule has 3 heteroatoms. The lowest BCUT2D eigenvalue weighted by Gasteiger charge is -2.14. The van der Waals surface area contributed by atoms with Crippen LogP contribution in [-0.2, 0) is 4.74 Å². The Morgan fingerprint density at radius 2 is 2.00 bits per heavy atom. The van der Waals surface area contributed by atoms with Gasteiger partial charge in [-0.25, -0.2) is 0 Å². The zero-order valence-electron chi connectivity index (χ0n) is 9.30. The summed E-state index contributed by atoms with van der Waals surface area (Å²) >= 11 is 1.90. The van der Waals surface area contributed by atoms with Crippen molar-refractivity contribution >= 4 is 11.8 Å². The minimum atomic E-state index is 0.350. The van der Waals surface area contributed by atoms with Crippen LogP contribution in [-0.4, -0.2) is 37.3 Å². The van der Waals surface area contributed by atoms with Crippen molar-refractivity contribution in [2.45, 2.75) is 39.3 Å². The van der Waals surface area contributed by atoms with E-state index in [4.69, 9.17) is 4.74 Å². The van der Waals surface area contributed by atoms with Gasteiger partial charge < -0.3 is 10.1 Å². The van der Waals surface area contributed by atoms with Gasteiger partial charge in [0.15, 0.2) is 0 Å². The van der Waals surface area contributed by atoms with Crippen molar-refractivity contribution < 1.29 is 4.74 Å². The SMILES string of the molecule is CSCCC(C)NCCOC(C)C. The molecule has 0 aliphatic carbocycles. The molecule has 0 aromatic carbocycles. The van der Waals surface area contributed by atoms with Gasteiger partial charge in [-0.1, -0.05) is 0 Å². The van der Waals surface area contributed by atoms with Crippen LogP contribution in [0.25, 0.3) is 0 Å². The van der Waals surface area contributed by atoms with Crippen LogP contribution in [0.5, 0.6) is 0 Å². The highest BCUT2D eigenvalue weighted by molar-refractivity contribution is 7.98. The number of thioether (sulfide) groups is 1. The Balaban J connectivity index is 3.12. The van der Waals surface area contributed by atoms with Gasteiger partial charge in [-0.3, -0.25) is 0 Å². The van der Waals surface area contributed by atoms with Gasteiger partial charge in [-0.05, 0) is 39.2 Å². The lowest BCUT2D eigenvalue weighted by atomic mass is 10.2. The Morgan fingerprint density at radius 1 is 1.31 bits per heavy atom. The van der Waals surface area contributed by atoms with Crippen molar-refractivity contribution in [1.29, 1.82) is 0 Å². The zero-order valence-corrected chi connectivity index (χ0v) is 10.1. The van der Waals surface area contributed by atoms with Crippen LogP contribution in [0.1, 0.15) is 27.2 Å². The summed E-state index contributed by atoms with van der Waals surface area (Å²) in [6.07, 6.45) is 3.74. The van der Waals surface area contributed by atoms with Gasteiger partial charge in [0, 0.05) is 12.6 Å². The number of nitrogens with one attached hydrogen (secondary N) is 1. The van der Waals surface area contributed by atoms with Gasteiger partial charge in [0.2, 0.25) is 0 Å². The highest BCUT2D eigenvalue weighted by atomic mass is 32.2. The van der Waals surface area contributed by atoms with Crippen molar-refractivity contribution in [3.63, 3.8) is 0 Å². The van der Waals surface area contributed by atoms with Crippen LogP contribution in [0.15, 0.2) is 0 Å². The first kappa shape index (κ1) is 13.3. The van der Waals surface area contributed by atoms with Gasteiger partial charge in [-0.15, -0.1) is 0 Å². The summed E-state index contributed by atoms with van der Waals surface area (Å²) in [5, 5.41) is 3.43. The normalized spacial score (nSPS) is 13.6. The molecule has 0 saturated heterocycles. The molecule has 13 heavy (non-hydrogen) atoms. The molecular formula is C10H23NOS. The number of hydrogen-bond acceptors (Lipinski definition) is 3. The molecule has 0 aliphatic heterocycles. The van der Waals surface area contributed by atoms with E-state index in [9.17, 15) is 0 Å². The summed E-state index contributed by atoms with van der Waals surface area (Å²) in [6.45, 7) is 8.15. The van der Waals surface area contributed by atoms with Gasteiger partial charge in [0.1, 0.15) is 0 Å². The van der Waals surface area contributed by atoms with E-state index in [1.165, 1.54) is 12.2 Å². The smallest absolute Gasteiger partial charge is 0.0594 e. The third-order valence-corrected chi connectivity index (χ3v) is 2.44. The topological polar surface area (TPSA) is 21.3 Å². The molecule has 0 heterocycles. The first-order chi connectivity index (χ1) is 6.16. The quantitative estimate of drug-likeness (QED) is 0.614. The predicted molar refractivity (Wildman–Crippen MR) is 61.6 cm³/mol. The first-order valence-corrected chi connectivity index (χ1v) is 6.40. The third-order valence-electron chi connectivity index (χ3n) is 1.80. The average Bonchev–Trinajstić information content (AvgIpc) is 2.08. The van der Waals surface area contributed by atoms with Crippen molar-refractivity contribution in [3.05, 3.63) is 0 Å². The van der Waals surface area contributed by atoms with Gasteiger partial charge >= 0.3 is 0 Å². The highest BCUT2D eigenvalue weighted by Gasteiger charge is 1.99. The van der Waals surface area contributed by atoms with Crippen LogP contribution >= 0.6 is 11.8 Å². The second-order valence-corrected chi connectivity index (χ2v) is 4.54. The minimum absolute atomic E-state index is 0.350. The van der Waals surface area contributed by atoms with E-state index < -0.39 is 0 Å². The molecular weight excluding hydrogens is 182 g/mol. The predicted octanol–water partition coefficient (Wildman–Crippen LogP) is 2.14. The Kier molecular flexibility index (Phi) is 9.03. The largest absolute Gasteiger partial charge is 0.377 e. The van der Waals surface area contributed by atoms with E-state index >= 15 is 0 Å². The molecule has 0 amide bonds. The summed E-state index contributed by atoms with van der Waals surface area (Å²) in [6, 6.07) is 0.614. The van der Waals surface area contributed by atoms with E-state index in [0.717, 1.165) is 13.2 Å². The third kappa shape index (κ3) is 10.2. The molecule has 1 N–H and O–H groups in total. The van der Waals surface area contributed by atoms with Crippen molar-refractivity contribution in [2.24, 2.45) is 0 Å². The Morgan fingerprint density at radius 3 is 2.54 bits per heavy atom. The molecule has 0 saturated carbocycles. The van der Waals surface area contributed by atoms with Gasteiger partial charge in [0.05, 0.1) is 12.7 Å². The molecule has 0 aromatic heterocycles. The van der Waals surface area contributed by atoms with Crippen LogP contribution in [0.2, 0.25) is 0 Å². The number of hydrogen-bond donors (Lipinski definition) is 1. The summed E-state index contributed by atoms with van der Waals surface area (Å²) in [5.74, 6) is 1.24. The van der Waals surface area contributed by atoms with Crippen molar-refractivity contribution in [2.75, 3.05) is 25.2 Å². The summed E-state index contributed by atoms with van der Waals surface area (Å²) in [4.78, 5) is 0. The van der Waals surface area contributed by atoms with Gasteiger partial charge in [-0.2, -0.15) is 11.8 Å². The number of rotatable bonds is 8. The molecule has 0 bridgehead atoms. The molecule has 0 fully saturated rings. The van der Waals surface area contributed by atoms with Crippen molar-refractivity contribution in [3.8, 4) is 0 Å². The van der Waals surface area contributed by atoms with E-state index in [1.807, 2.05) is 11.8 Å². The molecule has 1 atom stereocenters. The monoisotopic (exact) mass is 205 g/mol. The van der Waals surface area contributed by atoms with Gasteiger partial charge in [0.25, 0.3) is 0 Å². The molecule has 0 radical (unpaired) electrons. The second kappa shape index (κ2) is 8.85. The van der Waals surface area contributed by atoms with E-state index in [2.05, 4.69) is 32.3 Å². The molecule has 1 unspecified atom stereocenters. The van der Waals surface area contributed by atoms with E-state index in [0.29, 0.717) is 12.1 Å². The number of ether oxygens (including phenoxy) is 1. The first-order valence-electron chi connectivity index (χ1n) is 5.00. The maximum Gasteiger partial charge on any atom is 0.0594 e. The van der Waals surface area contributed by atoms with Crippen LogP contribution in [0.4, 0.5) is 0 Å². The summed E-state index contributed by atoms with van der Waals surface area (Å²) < 4.78 is 5.43. The average molecular weight is 205 g/mol. The summed E-state index contributed by atoms with van der Waals surface area (Å²) in [5.41, 5.74) is 0. The maximum absolute atomic E-state index is 5.43. The molecule has 0 aromatic rings. The fraction of sp³-hybridized carbons (Fsp3) is 1.00. The molecule has 80 valence electrons. The molecule has 2 nitrogen and oxygen atoms in total. The molecule has 0 rings (SSSR count). The Bertz CT molecular complexity index is 109.